The van der Waals surface area contributed by atoms with Crippen LogP contribution in [0.4, 0.5) is 0 Å². The lowest BCUT2D eigenvalue weighted by Gasteiger charge is -2.12. The van der Waals surface area contributed by atoms with Crippen LogP contribution in [0.5, 0.6) is 0 Å². The molecular weight excluding hydrogens is 266 g/mol. The van der Waals surface area contributed by atoms with Crippen LogP contribution < -0.4 is 5.32 Å². The highest BCUT2D eigenvalue weighted by Crippen LogP contribution is 2.10. The average Bonchev–Trinajstić information content (AvgIpc) is 2.45. The van der Waals surface area contributed by atoms with Gasteiger partial charge in [-0.05, 0) is 25.7 Å². The number of rotatable bonds is 14. The van der Waals surface area contributed by atoms with Crippen molar-refractivity contribution in [1.82, 2.24) is 5.32 Å². The second-order valence-electron chi connectivity index (χ2n) is 5.78. The Labute approximate surface area is 129 Å². The van der Waals surface area contributed by atoms with E-state index in [1.807, 2.05) is 0 Å². The maximum Gasteiger partial charge on any atom is 0.303 e. The Kier molecular flexibility index (Phi) is 13.2. The monoisotopic (exact) mass is 299 g/mol. The number of carboxylic acid groups (broad SMARTS) is 1. The molecule has 4 nitrogen and oxygen atoms in total. The third-order valence-corrected chi connectivity index (χ3v) is 3.97. The molecule has 0 unspecified atom stereocenters. The Hall–Kier alpha value is -1.06. The Morgan fingerprint density at radius 1 is 0.857 bits per heavy atom. The second-order valence-corrected chi connectivity index (χ2v) is 5.78. The number of hydrogen-bond donors (Lipinski definition) is 2. The SMILES string of the molecule is CCC(CC)C(=O)NCCCCCCCCCCC(=O)O. The molecule has 0 heterocycles. The number of aliphatic carboxylic acids is 1. The van der Waals surface area contributed by atoms with Gasteiger partial charge in [-0.3, -0.25) is 9.59 Å². The maximum absolute atomic E-state index is 11.7. The van der Waals surface area contributed by atoms with Crippen molar-refractivity contribution in [2.24, 2.45) is 5.92 Å². The molecule has 0 rings (SSSR count). The van der Waals surface area contributed by atoms with Crippen LogP contribution in [-0.2, 0) is 9.59 Å². The molecule has 0 radical (unpaired) electrons. The molecule has 21 heavy (non-hydrogen) atoms. The van der Waals surface area contributed by atoms with Crippen LogP contribution in [0.25, 0.3) is 0 Å². The zero-order valence-corrected chi connectivity index (χ0v) is 13.8. The van der Waals surface area contributed by atoms with E-state index in [-0.39, 0.29) is 11.8 Å². The second kappa shape index (κ2) is 13.9. The number of unbranched alkanes of at least 4 members (excludes halogenated alkanes) is 7. The average molecular weight is 299 g/mol. The van der Waals surface area contributed by atoms with Gasteiger partial charge in [-0.15, -0.1) is 0 Å². The number of hydrogen-bond acceptors (Lipinski definition) is 2. The van der Waals surface area contributed by atoms with E-state index >= 15 is 0 Å². The van der Waals surface area contributed by atoms with Crippen molar-refractivity contribution in [2.75, 3.05) is 6.54 Å². The van der Waals surface area contributed by atoms with Crippen LogP contribution >= 0.6 is 0 Å². The van der Waals surface area contributed by atoms with Gasteiger partial charge in [0.1, 0.15) is 0 Å². The van der Waals surface area contributed by atoms with E-state index in [0.29, 0.717) is 6.42 Å². The minimum atomic E-state index is -0.689. The fraction of sp³-hybridized carbons (Fsp3) is 0.882. The summed E-state index contributed by atoms with van der Waals surface area (Å²) in [5.41, 5.74) is 0. The molecule has 0 aliphatic rings. The van der Waals surface area contributed by atoms with Gasteiger partial charge in [0.2, 0.25) is 5.91 Å². The highest BCUT2D eigenvalue weighted by atomic mass is 16.4. The number of amides is 1. The first-order valence-electron chi connectivity index (χ1n) is 8.61. The molecule has 0 aromatic rings. The topological polar surface area (TPSA) is 66.4 Å². The van der Waals surface area contributed by atoms with E-state index in [9.17, 15) is 9.59 Å². The zero-order valence-electron chi connectivity index (χ0n) is 13.8. The lowest BCUT2D eigenvalue weighted by Crippen LogP contribution is -2.30. The normalized spacial score (nSPS) is 10.8. The van der Waals surface area contributed by atoms with Crippen LogP contribution in [0.3, 0.4) is 0 Å². The highest BCUT2D eigenvalue weighted by Gasteiger charge is 2.12. The predicted molar refractivity (Wildman–Crippen MR) is 86.3 cm³/mol. The Bertz CT molecular complexity index is 275. The summed E-state index contributed by atoms with van der Waals surface area (Å²) in [6, 6.07) is 0. The lowest BCUT2D eigenvalue weighted by atomic mass is 10.0. The first-order valence-corrected chi connectivity index (χ1v) is 8.61. The van der Waals surface area contributed by atoms with Crippen molar-refractivity contribution >= 4 is 11.9 Å². The van der Waals surface area contributed by atoms with Crippen molar-refractivity contribution in [3.8, 4) is 0 Å². The zero-order chi connectivity index (χ0) is 15.9. The van der Waals surface area contributed by atoms with Gasteiger partial charge in [-0.2, -0.15) is 0 Å². The molecule has 0 spiro atoms. The number of nitrogens with one attached hydrogen (secondary N) is 1. The highest BCUT2D eigenvalue weighted by molar-refractivity contribution is 5.78. The molecule has 0 aliphatic carbocycles. The van der Waals surface area contributed by atoms with Gasteiger partial charge in [-0.25, -0.2) is 0 Å². The first kappa shape index (κ1) is 19.9. The van der Waals surface area contributed by atoms with Crippen LogP contribution in [0.15, 0.2) is 0 Å². The van der Waals surface area contributed by atoms with Crippen molar-refractivity contribution in [1.29, 1.82) is 0 Å². The summed E-state index contributed by atoms with van der Waals surface area (Å²) in [4.78, 5) is 22.1. The standard InChI is InChI=1S/C17H33NO3/c1-3-15(4-2)17(21)18-14-12-10-8-6-5-7-9-11-13-16(19)20/h15H,3-14H2,1-2H3,(H,18,21)(H,19,20). The van der Waals surface area contributed by atoms with Gasteiger partial charge < -0.3 is 10.4 Å². The molecule has 0 fully saturated rings. The fourth-order valence-corrected chi connectivity index (χ4v) is 2.48. The molecule has 0 saturated carbocycles. The van der Waals surface area contributed by atoms with E-state index < -0.39 is 5.97 Å². The third kappa shape index (κ3) is 12.4. The minimum Gasteiger partial charge on any atom is -0.481 e. The molecule has 0 bridgehead atoms. The Balaban J connectivity index is 3.26. The third-order valence-electron chi connectivity index (χ3n) is 3.97. The first-order chi connectivity index (χ1) is 10.1. The molecule has 0 atom stereocenters. The van der Waals surface area contributed by atoms with Gasteiger partial charge in [0.05, 0.1) is 0 Å². The molecule has 0 aliphatic heterocycles. The van der Waals surface area contributed by atoms with Crippen molar-refractivity contribution < 1.29 is 14.7 Å². The maximum atomic E-state index is 11.7. The van der Waals surface area contributed by atoms with E-state index in [1.54, 1.807) is 0 Å². The lowest BCUT2D eigenvalue weighted by molar-refractivity contribution is -0.137. The Morgan fingerprint density at radius 2 is 1.33 bits per heavy atom. The van der Waals surface area contributed by atoms with Gasteiger partial charge in [0.25, 0.3) is 0 Å². The molecule has 0 aromatic heterocycles. The number of carbonyl (C=O) groups is 2. The number of carboxylic acids is 1. The largest absolute Gasteiger partial charge is 0.481 e. The number of carbonyl (C=O) groups excluding carboxylic acids is 1. The molecule has 1 amide bonds. The molecule has 124 valence electrons. The summed E-state index contributed by atoms with van der Waals surface area (Å²) in [5, 5.41) is 11.5. The summed E-state index contributed by atoms with van der Waals surface area (Å²) < 4.78 is 0. The van der Waals surface area contributed by atoms with E-state index in [0.717, 1.165) is 45.1 Å². The van der Waals surface area contributed by atoms with E-state index in [1.165, 1.54) is 25.7 Å². The molecule has 4 heteroatoms. The summed E-state index contributed by atoms with van der Waals surface area (Å²) >= 11 is 0. The van der Waals surface area contributed by atoms with Crippen molar-refractivity contribution in [3.63, 3.8) is 0 Å². The Morgan fingerprint density at radius 3 is 1.81 bits per heavy atom. The molecule has 0 saturated heterocycles. The van der Waals surface area contributed by atoms with Gasteiger partial charge in [0.15, 0.2) is 0 Å². The van der Waals surface area contributed by atoms with Crippen LogP contribution in [0.1, 0.15) is 84.5 Å². The quantitative estimate of drug-likeness (QED) is 0.474. The van der Waals surface area contributed by atoms with E-state index in [2.05, 4.69) is 19.2 Å². The van der Waals surface area contributed by atoms with Gasteiger partial charge in [0, 0.05) is 18.9 Å². The van der Waals surface area contributed by atoms with Gasteiger partial charge >= 0.3 is 5.97 Å². The summed E-state index contributed by atoms with van der Waals surface area (Å²) in [6.45, 7) is 4.92. The van der Waals surface area contributed by atoms with Crippen LogP contribution in [0, 0.1) is 5.92 Å². The molecular formula is C17H33NO3. The molecule has 0 aromatic carbocycles. The van der Waals surface area contributed by atoms with Crippen LogP contribution in [-0.4, -0.2) is 23.5 Å². The fourth-order valence-electron chi connectivity index (χ4n) is 2.48. The predicted octanol–water partition coefficient (Wildman–Crippen LogP) is 4.13. The van der Waals surface area contributed by atoms with Crippen molar-refractivity contribution in [2.45, 2.75) is 84.5 Å². The van der Waals surface area contributed by atoms with Crippen molar-refractivity contribution in [3.05, 3.63) is 0 Å². The van der Waals surface area contributed by atoms with Crippen LogP contribution in [0.2, 0.25) is 0 Å². The van der Waals surface area contributed by atoms with E-state index in [4.69, 9.17) is 5.11 Å². The summed E-state index contributed by atoms with van der Waals surface area (Å²) in [7, 11) is 0. The molecule has 2 N–H and O–H groups in total. The van der Waals surface area contributed by atoms with Gasteiger partial charge in [-0.1, -0.05) is 52.4 Å². The summed E-state index contributed by atoms with van der Waals surface area (Å²) in [6.07, 6.45) is 11.0. The smallest absolute Gasteiger partial charge is 0.303 e. The summed E-state index contributed by atoms with van der Waals surface area (Å²) in [5.74, 6) is -0.306. The minimum absolute atomic E-state index is 0.177.